The summed E-state index contributed by atoms with van der Waals surface area (Å²) < 4.78 is 5.48. The number of rotatable bonds is 4. The van der Waals surface area contributed by atoms with E-state index in [2.05, 4.69) is 10.6 Å². The fourth-order valence-corrected chi connectivity index (χ4v) is 3.71. The second-order valence-corrected chi connectivity index (χ2v) is 7.92. The Kier molecular flexibility index (Phi) is 5.22. The number of benzene rings is 1. The Bertz CT molecular complexity index is 997. The third-order valence-electron chi connectivity index (χ3n) is 5.42. The summed E-state index contributed by atoms with van der Waals surface area (Å²) in [6.45, 7) is 3.43. The molecular formula is C22H25N3O4. The molecule has 2 aromatic rings. The third-order valence-corrected chi connectivity index (χ3v) is 5.42. The Morgan fingerprint density at radius 1 is 1.17 bits per heavy atom. The molecular weight excluding hydrogens is 370 g/mol. The van der Waals surface area contributed by atoms with Crippen LogP contribution in [0.4, 0.5) is 4.79 Å². The Hall–Kier alpha value is -2.96. The van der Waals surface area contributed by atoms with E-state index in [0.717, 1.165) is 66.2 Å². The quantitative estimate of drug-likeness (QED) is 0.776. The maximum absolute atomic E-state index is 13.1. The van der Waals surface area contributed by atoms with Gasteiger partial charge in [-0.1, -0.05) is 11.6 Å². The molecule has 3 amide bonds. The van der Waals surface area contributed by atoms with Gasteiger partial charge >= 0.3 is 12.0 Å². The highest BCUT2D eigenvalue weighted by Crippen LogP contribution is 2.30. The molecule has 152 valence electrons. The average Bonchev–Trinajstić information content (AvgIpc) is 3.49. The molecule has 29 heavy (non-hydrogen) atoms. The minimum Gasteiger partial charge on any atom is -0.449 e. The van der Waals surface area contributed by atoms with E-state index in [4.69, 9.17) is 9.72 Å². The number of ether oxygens (including phenoxy) is 1. The summed E-state index contributed by atoms with van der Waals surface area (Å²) in [4.78, 5) is 41.9. The van der Waals surface area contributed by atoms with E-state index in [1.807, 2.05) is 25.1 Å². The number of carbonyl (C=O) groups is 3. The predicted molar refractivity (Wildman–Crippen MR) is 108 cm³/mol. The Balaban J connectivity index is 1.58. The van der Waals surface area contributed by atoms with Crippen LogP contribution in [0.2, 0.25) is 0 Å². The number of nitrogens with one attached hydrogen (secondary N) is 2. The fourth-order valence-electron chi connectivity index (χ4n) is 3.71. The molecule has 0 spiro atoms. The zero-order chi connectivity index (χ0) is 20.5. The van der Waals surface area contributed by atoms with Crippen molar-refractivity contribution in [3.05, 3.63) is 40.6 Å². The highest BCUT2D eigenvalue weighted by Gasteiger charge is 2.28. The van der Waals surface area contributed by atoms with Crippen LogP contribution in [0.15, 0.2) is 18.2 Å². The van der Waals surface area contributed by atoms with E-state index in [9.17, 15) is 14.4 Å². The van der Waals surface area contributed by atoms with Gasteiger partial charge in [0, 0.05) is 17.1 Å². The van der Waals surface area contributed by atoms with Crippen molar-refractivity contribution in [1.82, 2.24) is 15.6 Å². The second kappa shape index (κ2) is 7.81. The van der Waals surface area contributed by atoms with Gasteiger partial charge in [-0.3, -0.25) is 15.1 Å². The molecule has 1 unspecified atom stereocenters. The lowest BCUT2D eigenvalue weighted by Gasteiger charge is -2.21. The van der Waals surface area contributed by atoms with Crippen LogP contribution in [0.5, 0.6) is 0 Å². The fraction of sp³-hybridized carbons (Fsp3) is 0.455. The minimum absolute atomic E-state index is 0.138. The third kappa shape index (κ3) is 4.23. The van der Waals surface area contributed by atoms with E-state index in [0.29, 0.717) is 5.56 Å². The first-order chi connectivity index (χ1) is 13.9. The van der Waals surface area contributed by atoms with E-state index >= 15 is 0 Å². The zero-order valence-corrected chi connectivity index (χ0v) is 16.7. The van der Waals surface area contributed by atoms with Crippen molar-refractivity contribution in [2.75, 3.05) is 0 Å². The molecule has 1 saturated carbocycles. The number of hydrogen-bond acceptors (Lipinski definition) is 5. The smallest absolute Gasteiger partial charge is 0.339 e. The van der Waals surface area contributed by atoms with Crippen molar-refractivity contribution >= 4 is 28.8 Å². The summed E-state index contributed by atoms with van der Waals surface area (Å²) in [6, 6.07) is 5.39. The van der Waals surface area contributed by atoms with Gasteiger partial charge in [0.2, 0.25) is 0 Å². The molecule has 1 aromatic carbocycles. The number of fused-ring (bicyclic) bond motifs is 2. The van der Waals surface area contributed by atoms with Crippen LogP contribution >= 0.6 is 0 Å². The first-order valence-corrected chi connectivity index (χ1v) is 10.2. The Labute approximate surface area is 169 Å². The monoisotopic (exact) mass is 395 g/mol. The second-order valence-electron chi connectivity index (χ2n) is 7.92. The molecule has 2 aliphatic rings. The van der Waals surface area contributed by atoms with Gasteiger partial charge in [0.1, 0.15) is 0 Å². The van der Waals surface area contributed by atoms with E-state index in [-0.39, 0.29) is 6.04 Å². The number of esters is 1. The van der Waals surface area contributed by atoms with Gasteiger partial charge in [-0.2, -0.15) is 0 Å². The van der Waals surface area contributed by atoms with Crippen molar-refractivity contribution in [3.8, 4) is 0 Å². The van der Waals surface area contributed by atoms with Crippen LogP contribution in [0, 0.1) is 6.92 Å². The maximum atomic E-state index is 13.1. The Morgan fingerprint density at radius 2 is 1.93 bits per heavy atom. The lowest BCUT2D eigenvalue weighted by Crippen LogP contribution is -2.45. The number of nitrogens with zero attached hydrogens (tertiary/aromatic N) is 1. The summed E-state index contributed by atoms with van der Waals surface area (Å²) in [6.07, 6.45) is 4.39. The largest absolute Gasteiger partial charge is 0.449 e. The first kappa shape index (κ1) is 19.4. The highest BCUT2D eigenvalue weighted by atomic mass is 16.5. The normalized spacial score (nSPS) is 16.6. The molecule has 4 rings (SSSR count). The number of amides is 3. The molecule has 1 heterocycles. The molecule has 1 aromatic heterocycles. The van der Waals surface area contributed by atoms with Gasteiger partial charge in [-0.05, 0) is 70.1 Å². The number of aryl methyl sites for hydroxylation is 2. The van der Waals surface area contributed by atoms with Crippen molar-refractivity contribution < 1.29 is 19.1 Å². The molecule has 7 nitrogen and oxygen atoms in total. The molecule has 0 radical (unpaired) electrons. The number of carbonyl (C=O) groups excluding carboxylic acids is 3. The van der Waals surface area contributed by atoms with Crippen LogP contribution in [0.1, 0.15) is 59.8 Å². The topological polar surface area (TPSA) is 97.4 Å². The molecule has 2 aliphatic carbocycles. The average molecular weight is 395 g/mol. The number of pyridine rings is 1. The van der Waals surface area contributed by atoms with Crippen molar-refractivity contribution in [1.29, 1.82) is 0 Å². The zero-order valence-electron chi connectivity index (χ0n) is 16.7. The van der Waals surface area contributed by atoms with Gasteiger partial charge in [-0.15, -0.1) is 0 Å². The summed E-state index contributed by atoms with van der Waals surface area (Å²) in [5, 5.41) is 5.66. The van der Waals surface area contributed by atoms with Crippen LogP contribution in [0.25, 0.3) is 10.9 Å². The Morgan fingerprint density at radius 3 is 2.69 bits per heavy atom. The standard InChI is InChI=1S/C22H25N3O4/c1-12-7-10-18-16(11-12)19(15-5-3-4-6-17(15)24-18)21(27)29-13(2)20(26)25-22(28)23-14-8-9-14/h7,10-11,13-14H,3-6,8-9H2,1-2H3,(H2,23,25,26,28). The van der Waals surface area contributed by atoms with Gasteiger partial charge < -0.3 is 10.1 Å². The van der Waals surface area contributed by atoms with Crippen molar-refractivity contribution in [2.24, 2.45) is 0 Å². The predicted octanol–water partition coefficient (Wildman–Crippen LogP) is 2.96. The molecule has 0 aliphatic heterocycles. The maximum Gasteiger partial charge on any atom is 0.339 e. The number of aromatic nitrogens is 1. The van der Waals surface area contributed by atoms with Gasteiger partial charge in [-0.25, -0.2) is 9.59 Å². The number of urea groups is 1. The lowest BCUT2D eigenvalue weighted by molar-refractivity contribution is -0.127. The van der Waals surface area contributed by atoms with Crippen molar-refractivity contribution in [2.45, 2.75) is 64.5 Å². The van der Waals surface area contributed by atoms with E-state index in [1.54, 1.807) is 0 Å². The number of imide groups is 1. The molecule has 1 atom stereocenters. The molecule has 2 N–H and O–H groups in total. The van der Waals surface area contributed by atoms with E-state index < -0.39 is 24.0 Å². The molecule has 1 fully saturated rings. The van der Waals surface area contributed by atoms with Gasteiger partial charge in [0.05, 0.1) is 11.1 Å². The van der Waals surface area contributed by atoms with Crippen LogP contribution in [-0.4, -0.2) is 35.0 Å². The number of hydrogen-bond donors (Lipinski definition) is 2. The van der Waals surface area contributed by atoms with Crippen LogP contribution in [-0.2, 0) is 22.4 Å². The summed E-state index contributed by atoms with van der Waals surface area (Å²) in [5.41, 5.74) is 4.12. The first-order valence-electron chi connectivity index (χ1n) is 10.2. The summed E-state index contributed by atoms with van der Waals surface area (Å²) >= 11 is 0. The SMILES string of the molecule is Cc1ccc2nc3c(c(C(=O)OC(C)C(=O)NC(=O)NC4CC4)c2c1)CCCC3. The van der Waals surface area contributed by atoms with Gasteiger partial charge in [0.25, 0.3) is 5.91 Å². The van der Waals surface area contributed by atoms with Gasteiger partial charge in [0.15, 0.2) is 6.10 Å². The molecule has 0 bridgehead atoms. The van der Waals surface area contributed by atoms with Crippen LogP contribution in [0.3, 0.4) is 0 Å². The summed E-state index contributed by atoms with van der Waals surface area (Å²) in [7, 11) is 0. The van der Waals surface area contributed by atoms with E-state index in [1.165, 1.54) is 6.92 Å². The lowest BCUT2D eigenvalue weighted by atomic mass is 9.89. The van der Waals surface area contributed by atoms with Crippen LogP contribution < -0.4 is 10.6 Å². The molecule has 7 heteroatoms. The highest BCUT2D eigenvalue weighted by molar-refractivity contribution is 6.06. The molecule has 0 saturated heterocycles. The minimum atomic E-state index is -1.08. The summed E-state index contributed by atoms with van der Waals surface area (Å²) in [5.74, 6) is -1.19. The van der Waals surface area contributed by atoms with Crippen molar-refractivity contribution in [3.63, 3.8) is 0 Å².